The highest BCUT2D eigenvalue weighted by molar-refractivity contribution is 6.30. The minimum Gasteiger partial charge on any atom is -0.319 e. The van der Waals surface area contributed by atoms with Gasteiger partial charge in [-0.2, -0.15) is 0 Å². The number of nitrogens with zero attached hydrogens (tertiary/aromatic N) is 4. The van der Waals surface area contributed by atoms with Crippen molar-refractivity contribution in [1.82, 2.24) is 19.6 Å². The van der Waals surface area contributed by atoms with E-state index < -0.39 is 5.82 Å². The molecule has 1 fully saturated rings. The summed E-state index contributed by atoms with van der Waals surface area (Å²) in [4.78, 5) is 17.5. The highest BCUT2D eigenvalue weighted by atomic mass is 35.5. The van der Waals surface area contributed by atoms with Crippen LogP contribution in [0.1, 0.15) is 59.8 Å². The number of halogens is 2. The van der Waals surface area contributed by atoms with E-state index in [9.17, 15) is 9.18 Å². The summed E-state index contributed by atoms with van der Waals surface area (Å²) in [5.74, 6) is 1.04. The van der Waals surface area contributed by atoms with Gasteiger partial charge < -0.3 is 5.32 Å². The average Bonchev–Trinajstić information content (AvgIpc) is 3.23. The van der Waals surface area contributed by atoms with Gasteiger partial charge >= 0.3 is 0 Å². The van der Waals surface area contributed by atoms with E-state index >= 15 is 0 Å². The van der Waals surface area contributed by atoms with Crippen molar-refractivity contribution in [1.29, 1.82) is 0 Å². The number of amides is 1. The van der Waals surface area contributed by atoms with Crippen LogP contribution in [0.2, 0.25) is 5.02 Å². The van der Waals surface area contributed by atoms with Crippen molar-refractivity contribution in [2.75, 3.05) is 5.32 Å². The molecule has 33 heavy (non-hydrogen) atoms. The summed E-state index contributed by atoms with van der Waals surface area (Å²) in [5.41, 5.74) is 2.72. The van der Waals surface area contributed by atoms with Crippen molar-refractivity contribution in [2.24, 2.45) is 0 Å². The number of anilines is 1. The Morgan fingerprint density at radius 1 is 1.12 bits per heavy atom. The van der Waals surface area contributed by atoms with Gasteiger partial charge in [0.15, 0.2) is 0 Å². The lowest BCUT2D eigenvalue weighted by Gasteiger charge is -2.19. The minimum atomic E-state index is -0.430. The van der Waals surface area contributed by atoms with Crippen LogP contribution in [0.4, 0.5) is 10.1 Å². The average molecular weight is 464 g/mol. The summed E-state index contributed by atoms with van der Waals surface area (Å²) in [6.45, 7) is 1.81. The van der Waals surface area contributed by atoms with Crippen molar-refractivity contribution < 1.29 is 9.18 Å². The van der Waals surface area contributed by atoms with E-state index in [0.717, 1.165) is 18.7 Å². The van der Waals surface area contributed by atoms with Crippen molar-refractivity contribution in [3.63, 3.8) is 0 Å². The van der Waals surface area contributed by atoms with E-state index in [1.807, 2.05) is 10.6 Å². The molecule has 1 amide bonds. The Morgan fingerprint density at radius 3 is 2.73 bits per heavy atom. The molecule has 1 saturated carbocycles. The largest absolute Gasteiger partial charge is 0.319 e. The topological polar surface area (TPSA) is 72.2 Å². The molecule has 2 aromatic carbocycles. The monoisotopic (exact) mass is 463 g/mol. The lowest BCUT2D eigenvalue weighted by molar-refractivity contribution is 0.102. The quantitative estimate of drug-likeness (QED) is 0.391. The van der Waals surface area contributed by atoms with Gasteiger partial charge in [0.25, 0.3) is 11.7 Å². The molecule has 1 aliphatic rings. The predicted octanol–water partition coefficient (Wildman–Crippen LogP) is 6.19. The van der Waals surface area contributed by atoms with E-state index in [1.54, 1.807) is 43.5 Å². The molecule has 0 unspecified atom stereocenters. The van der Waals surface area contributed by atoms with E-state index in [2.05, 4.69) is 20.5 Å². The number of rotatable bonds is 4. The second-order valence-electron chi connectivity index (χ2n) is 8.46. The summed E-state index contributed by atoms with van der Waals surface area (Å²) < 4.78 is 16.4. The van der Waals surface area contributed by atoms with E-state index in [4.69, 9.17) is 11.6 Å². The Labute approximate surface area is 195 Å². The Bertz CT molecular complexity index is 1350. The number of hydrogen-bond donors (Lipinski definition) is 1. The molecule has 1 N–H and O–H groups in total. The van der Waals surface area contributed by atoms with Crippen molar-refractivity contribution in [3.8, 4) is 11.1 Å². The molecule has 2 heterocycles. The van der Waals surface area contributed by atoms with Crippen LogP contribution in [0.5, 0.6) is 0 Å². The fraction of sp³-hybridized carbons (Fsp3) is 0.280. The van der Waals surface area contributed by atoms with E-state index in [-0.39, 0.29) is 5.91 Å². The lowest BCUT2D eigenvalue weighted by Crippen LogP contribution is -2.15. The number of hydrogen-bond acceptors (Lipinski definition) is 4. The first-order valence-corrected chi connectivity index (χ1v) is 11.5. The van der Waals surface area contributed by atoms with Gasteiger partial charge in [-0.05, 0) is 55.2 Å². The summed E-state index contributed by atoms with van der Waals surface area (Å²) in [6.07, 6.45) is 9.20. The number of carbonyl (C=O) groups excluding carboxylic acids is 1. The SMILES string of the molecule is Cc1c(C(=O)Nc2cnc3nnc(C4CCCCC4)n3c2)cccc1-c1ccc(Cl)cc1F. The van der Waals surface area contributed by atoms with Gasteiger partial charge in [-0.1, -0.05) is 43.0 Å². The van der Waals surface area contributed by atoms with Crippen molar-refractivity contribution in [2.45, 2.75) is 44.9 Å². The van der Waals surface area contributed by atoms with Gasteiger partial charge in [0.2, 0.25) is 0 Å². The molecule has 2 aromatic heterocycles. The highest BCUT2D eigenvalue weighted by Gasteiger charge is 2.22. The molecule has 6 nitrogen and oxygen atoms in total. The van der Waals surface area contributed by atoms with Crippen LogP contribution in [0.25, 0.3) is 16.9 Å². The molecule has 0 atom stereocenters. The number of aromatic nitrogens is 4. The van der Waals surface area contributed by atoms with Crippen LogP contribution in [0, 0.1) is 12.7 Å². The van der Waals surface area contributed by atoms with Crippen LogP contribution in [-0.2, 0) is 0 Å². The molecular weight excluding hydrogens is 441 g/mol. The molecule has 1 aliphatic carbocycles. The third-order valence-electron chi connectivity index (χ3n) is 6.32. The first-order valence-electron chi connectivity index (χ1n) is 11.1. The zero-order chi connectivity index (χ0) is 22.9. The van der Waals surface area contributed by atoms with E-state index in [1.165, 1.54) is 25.3 Å². The zero-order valence-electron chi connectivity index (χ0n) is 18.2. The lowest BCUT2D eigenvalue weighted by atomic mass is 9.89. The molecule has 0 radical (unpaired) electrons. The third-order valence-corrected chi connectivity index (χ3v) is 6.55. The molecule has 168 valence electrons. The smallest absolute Gasteiger partial charge is 0.256 e. The summed E-state index contributed by atoms with van der Waals surface area (Å²) in [6, 6.07) is 9.79. The van der Waals surface area contributed by atoms with Crippen LogP contribution in [0.3, 0.4) is 0 Å². The maximum Gasteiger partial charge on any atom is 0.256 e. The third kappa shape index (κ3) is 4.20. The van der Waals surface area contributed by atoms with Gasteiger partial charge in [-0.3, -0.25) is 9.20 Å². The van der Waals surface area contributed by atoms with Crippen LogP contribution >= 0.6 is 11.6 Å². The first-order chi connectivity index (χ1) is 16.0. The molecule has 0 bridgehead atoms. The van der Waals surface area contributed by atoms with Crippen LogP contribution in [0.15, 0.2) is 48.8 Å². The standard InChI is InChI=1S/C25H23ClFN5O/c1-15-19(21-11-10-17(26)12-22(21)27)8-5-9-20(15)24(33)29-18-13-28-25-31-30-23(32(25)14-18)16-6-3-2-4-7-16/h5,8-14,16H,2-4,6-7H2,1H3,(H,29,33). The summed E-state index contributed by atoms with van der Waals surface area (Å²) in [7, 11) is 0. The second-order valence-corrected chi connectivity index (χ2v) is 8.90. The van der Waals surface area contributed by atoms with Gasteiger partial charge in [0.05, 0.1) is 11.9 Å². The minimum absolute atomic E-state index is 0.294. The Balaban J connectivity index is 1.44. The Morgan fingerprint density at radius 2 is 1.94 bits per heavy atom. The maximum atomic E-state index is 14.5. The zero-order valence-corrected chi connectivity index (χ0v) is 18.9. The van der Waals surface area contributed by atoms with Crippen LogP contribution < -0.4 is 5.32 Å². The Kier molecular flexibility index (Phi) is 5.81. The normalized spacial score (nSPS) is 14.5. The van der Waals surface area contributed by atoms with Crippen LogP contribution in [-0.4, -0.2) is 25.5 Å². The fourth-order valence-electron chi connectivity index (χ4n) is 4.59. The number of fused-ring (bicyclic) bond motifs is 1. The van der Waals surface area contributed by atoms with Crippen molar-refractivity contribution >= 4 is 29.0 Å². The number of carbonyl (C=O) groups is 1. The van der Waals surface area contributed by atoms with Crippen molar-refractivity contribution in [3.05, 3.63) is 76.6 Å². The number of nitrogens with one attached hydrogen (secondary N) is 1. The molecule has 5 rings (SSSR count). The van der Waals surface area contributed by atoms with Gasteiger partial charge in [-0.25, -0.2) is 9.37 Å². The molecule has 8 heteroatoms. The van der Waals surface area contributed by atoms with Gasteiger partial charge in [-0.15, -0.1) is 10.2 Å². The van der Waals surface area contributed by atoms with Gasteiger partial charge in [0.1, 0.15) is 11.6 Å². The summed E-state index contributed by atoms with van der Waals surface area (Å²) >= 11 is 5.89. The van der Waals surface area contributed by atoms with Gasteiger partial charge in [0, 0.05) is 28.3 Å². The summed E-state index contributed by atoms with van der Waals surface area (Å²) in [5, 5.41) is 11.8. The maximum absolute atomic E-state index is 14.5. The second kappa shape index (κ2) is 8.90. The van der Waals surface area contributed by atoms with E-state index in [0.29, 0.717) is 44.7 Å². The first kappa shape index (κ1) is 21.5. The molecule has 0 spiro atoms. The Hall–Kier alpha value is -3.32. The number of benzene rings is 2. The highest BCUT2D eigenvalue weighted by Crippen LogP contribution is 2.32. The predicted molar refractivity (Wildman–Crippen MR) is 126 cm³/mol. The molecule has 4 aromatic rings. The molecule has 0 aliphatic heterocycles. The molecule has 0 saturated heterocycles. The fourth-order valence-corrected chi connectivity index (χ4v) is 4.75. The molecular formula is C25H23ClFN5O.